The molecule has 150 valence electrons. The highest BCUT2D eigenvalue weighted by atomic mass is 19.1. The molecule has 5 heteroatoms. The highest BCUT2D eigenvalue weighted by molar-refractivity contribution is 5.70. The van der Waals surface area contributed by atoms with E-state index < -0.39 is 5.60 Å². The van der Waals surface area contributed by atoms with Crippen molar-refractivity contribution in [2.75, 3.05) is 19.7 Å². The Kier molecular flexibility index (Phi) is 4.92. The Morgan fingerprint density at radius 2 is 2.04 bits per heavy atom. The molecule has 0 radical (unpaired) electrons. The first-order chi connectivity index (χ1) is 13.3. The van der Waals surface area contributed by atoms with E-state index in [9.17, 15) is 9.50 Å². The van der Waals surface area contributed by atoms with Crippen LogP contribution in [0.5, 0.6) is 5.75 Å². The van der Waals surface area contributed by atoms with Crippen LogP contribution in [0.1, 0.15) is 51.3 Å². The number of hydrogen-bond donors (Lipinski definition) is 2. The lowest BCUT2D eigenvalue weighted by molar-refractivity contribution is 0.0485. The molecule has 2 aromatic rings. The van der Waals surface area contributed by atoms with Crippen LogP contribution in [-0.4, -0.2) is 29.8 Å². The number of hydrogen-bond acceptors (Lipinski definition) is 4. The van der Waals surface area contributed by atoms with Gasteiger partial charge in [-0.2, -0.15) is 0 Å². The van der Waals surface area contributed by atoms with Gasteiger partial charge >= 0.3 is 0 Å². The van der Waals surface area contributed by atoms with E-state index >= 15 is 0 Å². The number of nitrogens with zero attached hydrogens (tertiary/aromatic N) is 1. The number of nitrogens with one attached hydrogen (secondary N) is 1. The van der Waals surface area contributed by atoms with E-state index in [2.05, 4.69) is 12.2 Å². The third-order valence-corrected chi connectivity index (χ3v) is 6.16. The second kappa shape index (κ2) is 7.12. The van der Waals surface area contributed by atoms with Crippen molar-refractivity contribution in [1.82, 2.24) is 10.3 Å². The molecule has 1 fully saturated rings. The maximum absolute atomic E-state index is 13.4. The number of rotatable bonds is 7. The average Bonchev–Trinajstić information content (AvgIpc) is 3.45. The fourth-order valence-electron chi connectivity index (χ4n) is 3.72. The Labute approximate surface area is 166 Å². The molecule has 1 saturated carbocycles. The second-order valence-corrected chi connectivity index (χ2v) is 8.79. The van der Waals surface area contributed by atoms with Gasteiger partial charge in [0.05, 0.1) is 12.3 Å². The molecule has 2 aliphatic rings. The van der Waals surface area contributed by atoms with Gasteiger partial charge in [-0.05, 0) is 69.0 Å². The highest BCUT2D eigenvalue weighted by Crippen LogP contribution is 2.45. The molecule has 4 rings (SSSR count). The zero-order valence-electron chi connectivity index (χ0n) is 16.9. The summed E-state index contributed by atoms with van der Waals surface area (Å²) in [5.74, 6) is 1.28. The van der Waals surface area contributed by atoms with Gasteiger partial charge in [0.1, 0.15) is 22.9 Å². The Morgan fingerprint density at radius 3 is 2.68 bits per heavy atom. The molecule has 0 unspecified atom stereocenters. The van der Waals surface area contributed by atoms with Crippen LogP contribution in [0.2, 0.25) is 0 Å². The molecular weight excluding hydrogens is 355 g/mol. The van der Waals surface area contributed by atoms with Gasteiger partial charge in [-0.15, -0.1) is 0 Å². The fourth-order valence-corrected chi connectivity index (χ4v) is 3.72. The number of ether oxygens (including phenoxy) is 1. The van der Waals surface area contributed by atoms with Crippen LogP contribution in [0.4, 0.5) is 4.39 Å². The number of halogens is 1. The van der Waals surface area contributed by atoms with E-state index in [-0.39, 0.29) is 11.2 Å². The molecule has 1 aromatic heterocycles. The Balaban J connectivity index is 1.76. The summed E-state index contributed by atoms with van der Waals surface area (Å²) in [6, 6.07) is 8.29. The molecule has 0 spiro atoms. The van der Waals surface area contributed by atoms with Gasteiger partial charge in [0.25, 0.3) is 0 Å². The van der Waals surface area contributed by atoms with Crippen molar-refractivity contribution in [2.24, 2.45) is 5.92 Å². The van der Waals surface area contributed by atoms with Crippen LogP contribution in [0.3, 0.4) is 0 Å². The van der Waals surface area contributed by atoms with Crippen molar-refractivity contribution in [2.45, 2.75) is 51.0 Å². The number of fused-ring (bicyclic) bond motifs is 1. The molecule has 1 aliphatic carbocycles. The molecule has 1 aliphatic heterocycles. The molecule has 28 heavy (non-hydrogen) atoms. The van der Waals surface area contributed by atoms with Crippen molar-refractivity contribution >= 4 is 0 Å². The van der Waals surface area contributed by atoms with Gasteiger partial charge in [0.2, 0.25) is 0 Å². The predicted molar refractivity (Wildman–Crippen MR) is 108 cm³/mol. The summed E-state index contributed by atoms with van der Waals surface area (Å²) in [6.45, 7) is 8.34. The van der Waals surface area contributed by atoms with E-state index in [1.807, 2.05) is 13.0 Å². The SMILES string of the molecule is CC[C@](C)(O)c1cc2c(c(-c3ccc(F)cc3)n1)OC[C@]2(C)CNCC1CC1. The maximum Gasteiger partial charge on any atom is 0.149 e. The van der Waals surface area contributed by atoms with E-state index in [1.54, 1.807) is 19.1 Å². The quantitative estimate of drug-likeness (QED) is 0.753. The van der Waals surface area contributed by atoms with Crippen LogP contribution in [0, 0.1) is 11.7 Å². The maximum atomic E-state index is 13.4. The lowest BCUT2D eigenvalue weighted by Crippen LogP contribution is -2.38. The standard InChI is InChI=1S/C23H29FN2O2/c1-4-23(3,27)19-11-18-21(20(26-19)16-7-9-17(24)10-8-16)28-14-22(18,2)13-25-12-15-5-6-15/h7-11,15,25,27H,4-6,12-14H2,1-3H3/t22-,23-/m0/s1. The summed E-state index contributed by atoms with van der Waals surface area (Å²) in [6.07, 6.45) is 3.19. The van der Waals surface area contributed by atoms with Crippen LogP contribution in [0.25, 0.3) is 11.3 Å². The lowest BCUT2D eigenvalue weighted by atomic mass is 9.82. The summed E-state index contributed by atoms with van der Waals surface area (Å²) >= 11 is 0. The molecule has 0 saturated heterocycles. The van der Waals surface area contributed by atoms with Crippen LogP contribution in [-0.2, 0) is 11.0 Å². The Hall–Kier alpha value is -1.98. The summed E-state index contributed by atoms with van der Waals surface area (Å²) in [4.78, 5) is 4.75. The van der Waals surface area contributed by atoms with Crippen molar-refractivity contribution in [3.8, 4) is 17.0 Å². The summed E-state index contributed by atoms with van der Waals surface area (Å²) in [5.41, 5.74) is 1.93. The van der Waals surface area contributed by atoms with Gasteiger partial charge in [-0.3, -0.25) is 0 Å². The van der Waals surface area contributed by atoms with Crippen molar-refractivity contribution < 1.29 is 14.2 Å². The first-order valence-corrected chi connectivity index (χ1v) is 10.2. The van der Waals surface area contributed by atoms with Crippen LogP contribution < -0.4 is 10.1 Å². The van der Waals surface area contributed by atoms with Crippen molar-refractivity contribution in [3.63, 3.8) is 0 Å². The molecule has 2 N–H and O–H groups in total. The average molecular weight is 384 g/mol. The molecule has 2 atom stereocenters. The molecule has 2 heterocycles. The first kappa shape index (κ1) is 19.3. The molecule has 0 amide bonds. The van der Waals surface area contributed by atoms with E-state index in [0.717, 1.165) is 35.9 Å². The number of aromatic nitrogens is 1. The Bertz CT molecular complexity index is 862. The molecule has 0 bridgehead atoms. The van der Waals surface area contributed by atoms with Gasteiger partial charge < -0.3 is 15.2 Å². The molecule has 4 nitrogen and oxygen atoms in total. The van der Waals surface area contributed by atoms with E-state index in [1.165, 1.54) is 25.0 Å². The second-order valence-electron chi connectivity index (χ2n) is 8.79. The monoisotopic (exact) mass is 384 g/mol. The minimum Gasteiger partial charge on any atom is -0.490 e. The number of pyridine rings is 1. The zero-order chi connectivity index (χ0) is 19.9. The van der Waals surface area contributed by atoms with Crippen LogP contribution >= 0.6 is 0 Å². The highest BCUT2D eigenvalue weighted by Gasteiger charge is 2.40. The zero-order valence-corrected chi connectivity index (χ0v) is 16.9. The number of benzene rings is 1. The summed E-state index contributed by atoms with van der Waals surface area (Å²) < 4.78 is 19.6. The minimum absolute atomic E-state index is 0.194. The largest absolute Gasteiger partial charge is 0.490 e. The number of aliphatic hydroxyl groups is 1. The normalized spacial score (nSPS) is 23.2. The van der Waals surface area contributed by atoms with Gasteiger partial charge in [-0.25, -0.2) is 9.37 Å². The predicted octanol–water partition coefficient (Wildman–Crippen LogP) is 4.15. The fraction of sp³-hybridized carbons (Fsp3) is 0.522. The van der Waals surface area contributed by atoms with Crippen molar-refractivity contribution in [1.29, 1.82) is 0 Å². The minimum atomic E-state index is -1.03. The van der Waals surface area contributed by atoms with Gasteiger partial charge in [0, 0.05) is 23.1 Å². The van der Waals surface area contributed by atoms with Gasteiger partial charge in [0.15, 0.2) is 0 Å². The third-order valence-electron chi connectivity index (χ3n) is 6.16. The molecular formula is C23H29FN2O2. The van der Waals surface area contributed by atoms with Crippen LogP contribution in [0.15, 0.2) is 30.3 Å². The third kappa shape index (κ3) is 3.65. The smallest absolute Gasteiger partial charge is 0.149 e. The van der Waals surface area contributed by atoms with Crippen molar-refractivity contribution in [3.05, 3.63) is 47.4 Å². The first-order valence-electron chi connectivity index (χ1n) is 10.2. The molecule has 1 aromatic carbocycles. The van der Waals surface area contributed by atoms with Gasteiger partial charge in [-0.1, -0.05) is 13.8 Å². The van der Waals surface area contributed by atoms with E-state index in [0.29, 0.717) is 24.4 Å². The summed E-state index contributed by atoms with van der Waals surface area (Å²) in [7, 11) is 0. The lowest BCUT2D eigenvalue weighted by Gasteiger charge is -2.26. The Morgan fingerprint density at radius 1 is 1.32 bits per heavy atom. The topological polar surface area (TPSA) is 54.4 Å². The van der Waals surface area contributed by atoms with E-state index in [4.69, 9.17) is 9.72 Å². The summed E-state index contributed by atoms with van der Waals surface area (Å²) in [5, 5.41) is 14.5.